The summed E-state index contributed by atoms with van der Waals surface area (Å²) in [5.74, 6) is 0. The van der Waals surface area contributed by atoms with E-state index in [0.717, 1.165) is 5.56 Å². The van der Waals surface area contributed by atoms with Crippen LogP contribution in [0.15, 0.2) is 58.2 Å². The second-order valence-corrected chi connectivity index (χ2v) is 7.81. The van der Waals surface area contributed by atoms with Crippen LogP contribution in [0.3, 0.4) is 0 Å². The lowest BCUT2D eigenvalue weighted by molar-refractivity contribution is 0.348. The summed E-state index contributed by atoms with van der Waals surface area (Å²) in [6.45, 7) is 3.98. The first kappa shape index (κ1) is 16.5. The van der Waals surface area contributed by atoms with Crippen LogP contribution in [-0.2, 0) is 16.6 Å². The van der Waals surface area contributed by atoms with Gasteiger partial charge in [-0.05, 0) is 37.6 Å². The molecule has 1 aromatic heterocycles. The molecule has 2 aromatic carbocycles. The monoisotopic (exact) mass is 345 g/mol. The number of nitrogens with one attached hydrogen (secondary N) is 2. The van der Waals surface area contributed by atoms with Crippen molar-refractivity contribution in [3.8, 4) is 0 Å². The highest BCUT2D eigenvalue weighted by molar-refractivity contribution is 7.89. The van der Waals surface area contributed by atoms with E-state index in [-0.39, 0.29) is 16.6 Å². The highest BCUT2D eigenvalue weighted by Gasteiger charge is 2.27. The molecule has 1 heterocycles. The van der Waals surface area contributed by atoms with Crippen molar-refractivity contribution in [2.45, 2.75) is 31.3 Å². The van der Waals surface area contributed by atoms with Gasteiger partial charge in [-0.1, -0.05) is 30.3 Å². The van der Waals surface area contributed by atoms with Gasteiger partial charge in [-0.25, -0.2) is 13.2 Å². The predicted molar refractivity (Wildman–Crippen MR) is 93.2 cm³/mol. The van der Waals surface area contributed by atoms with E-state index in [1.165, 1.54) is 16.4 Å². The second-order valence-electron chi connectivity index (χ2n) is 5.92. The van der Waals surface area contributed by atoms with Gasteiger partial charge in [0.2, 0.25) is 10.0 Å². The fourth-order valence-corrected chi connectivity index (χ4v) is 4.27. The molecule has 3 aromatic rings. The molecule has 0 aliphatic rings. The van der Waals surface area contributed by atoms with Crippen molar-refractivity contribution in [1.82, 2.24) is 14.3 Å². The lowest BCUT2D eigenvalue weighted by atomic mass is 10.2. The predicted octanol–water partition coefficient (Wildman–Crippen LogP) is 2.46. The Bertz CT molecular complexity index is 1000. The van der Waals surface area contributed by atoms with Crippen molar-refractivity contribution >= 4 is 21.1 Å². The van der Waals surface area contributed by atoms with Gasteiger partial charge < -0.3 is 9.97 Å². The summed E-state index contributed by atoms with van der Waals surface area (Å²) >= 11 is 0. The highest BCUT2D eigenvalue weighted by Crippen LogP contribution is 2.23. The molecule has 7 heteroatoms. The Morgan fingerprint density at radius 2 is 1.67 bits per heavy atom. The zero-order valence-corrected chi connectivity index (χ0v) is 14.3. The summed E-state index contributed by atoms with van der Waals surface area (Å²) in [7, 11) is -3.68. The zero-order valence-electron chi connectivity index (χ0n) is 13.5. The number of sulfonamides is 1. The maximum absolute atomic E-state index is 13.1. The van der Waals surface area contributed by atoms with E-state index in [1.54, 1.807) is 6.07 Å². The van der Waals surface area contributed by atoms with Gasteiger partial charge in [0, 0.05) is 12.6 Å². The van der Waals surface area contributed by atoms with Gasteiger partial charge in [0.15, 0.2) is 0 Å². The normalized spacial score (nSPS) is 12.3. The molecule has 0 aliphatic carbocycles. The molecule has 0 bridgehead atoms. The first-order chi connectivity index (χ1) is 11.4. The van der Waals surface area contributed by atoms with Crippen molar-refractivity contribution in [2.24, 2.45) is 0 Å². The smallest absolute Gasteiger partial charge is 0.306 e. The number of aromatic amines is 2. The summed E-state index contributed by atoms with van der Waals surface area (Å²) in [6, 6.07) is 13.9. The Hall–Kier alpha value is -2.38. The number of rotatable bonds is 5. The lowest BCUT2D eigenvalue weighted by Crippen LogP contribution is -2.36. The second kappa shape index (κ2) is 6.26. The van der Waals surface area contributed by atoms with E-state index in [9.17, 15) is 13.2 Å². The van der Waals surface area contributed by atoms with E-state index in [2.05, 4.69) is 9.97 Å². The molecule has 0 radical (unpaired) electrons. The fraction of sp³-hybridized carbons (Fsp3) is 0.235. The number of hydrogen-bond donors (Lipinski definition) is 2. The summed E-state index contributed by atoms with van der Waals surface area (Å²) < 4.78 is 27.6. The van der Waals surface area contributed by atoms with E-state index >= 15 is 0 Å². The van der Waals surface area contributed by atoms with Crippen molar-refractivity contribution in [3.63, 3.8) is 0 Å². The molecule has 0 saturated carbocycles. The SMILES string of the molecule is CC(C)N(Cc1ccccc1)S(=O)(=O)c1ccc2[nH]c(=O)[nH]c2c1. The van der Waals surface area contributed by atoms with E-state index in [4.69, 9.17) is 0 Å². The third kappa shape index (κ3) is 3.13. The Balaban J connectivity index is 2.02. The molecule has 0 atom stereocenters. The largest absolute Gasteiger partial charge is 0.323 e. The molecule has 0 unspecified atom stereocenters. The van der Waals surface area contributed by atoms with E-state index in [0.29, 0.717) is 17.6 Å². The first-order valence-electron chi connectivity index (χ1n) is 7.66. The van der Waals surface area contributed by atoms with Crippen molar-refractivity contribution in [3.05, 3.63) is 64.6 Å². The number of hydrogen-bond acceptors (Lipinski definition) is 3. The average Bonchev–Trinajstić information content (AvgIpc) is 2.92. The van der Waals surface area contributed by atoms with Gasteiger partial charge in [0.05, 0.1) is 15.9 Å². The fourth-order valence-electron chi connectivity index (χ4n) is 2.62. The Morgan fingerprint density at radius 3 is 2.33 bits per heavy atom. The van der Waals surface area contributed by atoms with E-state index < -0.39 is 10.0 Å². The van der Waals surface area contributed by atoms with Gasteiger partial charge in [-0.15, -0.1) is 0 Å². The minimum Gasteiger partial charge on any atom is -0.306 e. The maximum atomic E-state index is 13.1. The number of nitrogens with zero attached hydrogens (tertiary/aromatic N) is 1. The Morgan fingerprint density at radius 1 is 1.00 bits per heavy atom. The molecule has 2 N–H and O–H groups in total. The van der Waals surface area contributed by atoms with Crippen LogP contribution in [0.1, 0.15) is 19.4 Å². The zero-order chi connectivity index (χ0) is 17.3. The quantitative estimate of drug-likeness (QED) is 0.745. The summed E-state index contributed by atoms with van der Waals surface area (Å²) in [5.41, 5.74) is 1.62. The molecule has 0 saturated heterocycles. The first-order valence-corrected chi connectivity index (χ1v) is 9.10. The molecule has 0 spiro atoms. The topological polar surface area (TPSA) is 86.0 Å². The maximum Gasteiger partial charge on any atom is 0.323 e. The minimum atomic E-state index is -3.68. The molecule has 0 fully saturated rings. The van der Waals surface area contributed by atoms with Crippen LogP contribution >= 0.6 is 0 Å². The van der Waals surface area contributed by atoms with Gasteiger partial charge in [-0.3, -0.25) is 0 Å². The number of fused-ring (bicyclic) bond motifs is 1. The molecule has 126 valence electrons. The van der Waals surface area contributed by atoms with Crippen LogP contribution < -0.4 is 5.69 Å². The Labute approximate surface area is 140 Å². The number of imidazole rings is 1. The number of aromatic nitrogens is 2. The Kier molecular flexibility index (Phi) is 4.29. The van der Waals surface area contributed by atoms with Crippen LogP contribution in [0.5, 0.6) is 0 Å². The summed E-state index contributed by atoms with van der Waals surface area (Å²) in [4.78, 5) is 16.7. The highest BCUT2D eigenvalue weighted by atomic mass is 32.2. The van der Waals surface area contributed by atoms with Gasteiger partial charge in [0.25, 0.3) is 0 Å². The van der Waals surface area contributed by atoms with Crippen LogP contribution in [0.25, 0.3) is 11.0 Å². The van der Waals surface area contributed by atoms with E-state index in [1.807, 2.05) is 44.2 Å². The number of benzene rings is 2. The van der Waals surface area contributed by atoms with Crippen molar-refractivity contribution < 1.29 is 8.42 Å². The summed E-state index contributed by atoms with van der Waals surface area (Å²) in [5, 5.41) is 0. The van der Waals surface area contributed by atoms with Gasteiger partial charge in [0.1, 0.15) is 0 Å². The molecular formula is C17H19N3O3S. The molecule has 6 nitrogen and oxygen atoms in total. The van der Waals surface area contributed by atoms with Crippen molar-refractivity contribution in [2.75, 3.05) is 0 Å². The third-order valence-electron chi connectivity index (χ3n) is 3.85. The molecule has 0 amide bonds. The van der Waals surface area contributed by atoms with Crippen LogP contribution in [0.4, 0.5) is 0 Å². The molecule has 0 aliphatic heterocycles. The summed E-state index contributed by atoms with van der Waals surface area (Å²) in [6.07, 6.45) is 0. The van der Waals surface area contributed by atoms with Crippen molar-refractivity contribution in [1.29, 1.82) is 0 Å². The molecule has 24 heavy (non-hydrogen) atoms. The third-order valence-corrected chi connectivity index (χ3v) is 5.87. The van der Waals surface area contributed by atoms with Gasteiger partial charge >= 0.3 is 5.69 Å². The standard InChI is InChI=1S/C17H19N3O3S/c1-12(2)20(11-13-6-4-3-5-7-13)24(22,23)14-8-9-15-16(10-14)19-17(21)18-15/h3-10,12H,11H2,1-2H3,(H2,18,19,21). The molecular weight excluding hydrogens is 326 g/mol. The number of H-pyrrole nitrogens is 2. The van der Waals surface area contributed by atoms with Crippen LogP contribution in [-0.4, -0.2) is 28.7 Å². The average molecular weight is 345 g/mol. The lowest BCUT2D eigenvalue weighted by Gasteiger charge is -2.26. The van der Waals surface area contributed by atoms with Crippen LogP contribution in [0.2, 0.25) is 0 Å². The minimum absolute atomic E-state index is 0.162. The van der Waals surface area contributed by atoms with Crippen LogP contribution in [0, 0.1) is 0 Å². The van der Waals surface area contributed by atoms with Gasteiger partial charge in [-0.2, -0.15) is 4.31 Å². The molecule has 3 rings (SSSR count).